The van der Waals surface area contributed by atoms with Crippen molar-refractivity contribution in [3.05, 3.63) is 77.9 Å². The highest BCUT2D eigenvalue weighted by Crippen LogP contribution is 2.19. The second kappa shape index (κ2) is 11.1. The van der Waals surface area contributed by atoms with E-state index in [1.165, 1.54) is 29.9 Å². The zero-order chi connectivity index (χ0) is 21.2. The zero-order valence-corrected chi connectivity index (χ0v) is 17.5. The van der Waals surface area contributed by atoms with Crippen molar-refractivity contribution in [2.75, 3.05) is 12.4 Å². The molecule has 3 aromatic rings. The summed E-state index contributed by atoms with van der Waals surface area (Å²) in [6.07, 6.45) is 6.89. The van der Waals surface area contributed by atoms with Crippen molar-refractivity contribution >= 4 is 28.3 Å². The van der Waals surface area contributed by atoms with Gasteiger partial charge in [-0.3, -0.25) is 4.79 Å². The third kappa shape index (κ3) is 6.18. The Morgan fingerprint density at radius 2 is 1.50 bits per heavy atom. The average Bonchev–Trinajstić information content (AvgIpc) is 2.78. The Hall–Kier alpha value is -3.14. The molecule has 0 aliphatic carbocycles. The normalized spacial score (nSPS) is 10.7. The lowest BCUT2D eigenvalue weighted by molar-refractivity contribution is -0.116. The maximum atomic E-state index is 12.2. The number of esters is 1. The first kappa shape index (κ1) is 21.6. The Labute approximate surface area is 178 Å². The molecule has 3 aromatic carbocycles. The van der Waals surface area contributed by atoms with Gasteiger partial charge in [0.25, 0.3) is 0 Å². The van der Waals surface area contributed by atoms with Crippen LogP contribution in [0.3, 0.4) is 0 Å². The van der Waals surface area contributed by atoms with E-state index in [4.69, 9.17) is 4.74 Å². The Bertz CT molecular complexity index is 996. The van der Waals surface area contributed by atoms with Crippen molar-refractivity contribution < 1.29 is 14.3 Å². The second-order valence-corrected chi connectivity index (χ2v) is 7.53. The van der Waals surface area contributed by atoms with Gasteiger partial charge in [-0.05, 0) is 47.7 Å². The van der Waals surface area contributed by atoms with Crippen LogP contribution in [0.1, 0.15) is 54.4 Å². The lowest BCUT2D eigenvalue weighted by atomic mass is 10.0. The highest BCUT2D eigenvalue weighted by molar-refractivity contribution is 6.01. The average molecular weight is 404 g/mol. The van der Waals surface area contributed by atoms with Gasteiger partial charge in [0.1, 0.15) is 0 Å². The SMILES string of the molecule is COC(=O)c1ccccc1NC(=O)CCCCCCCc1ccc2ccccc2c1. The minimum atomic E-state index is -0.447. The van der Waals surface area contributed by atoms with E-state index in [2.05, 4.69) is 47.8 Å². The summed E-state index contributed by atoms with van der Waals surface area (Å²) in [6.45, 7) is 0. The van der Waals surface area contributed by atoms with E-state index in [0.29, 0.717) is 17.7 Å². The van der Waals surface area contributed by atoms with Crippen LogP contribution in [-0.2, 0) is 16.0 Å². The number of nitrogens with one attached hydrogen (secondary N) is 1. The van der Waals surface area contributed by atoms with Crippen molar-refractivity contribution in [3.63, 3.8) is 0 Å². The maximum absolute atomic E-state index is 12.2. The molecular formula is C26H29NO3. The summed E-state index contributed by atoms with van der Waals surface area (Å²) in [6, 6.07) is 22.1. The fourth-order valence-corrected chi connectivity index (χ4v) is 3.63. The molecule has 0 bridgehead atoms. The fourth-order valence-electron chi connectivity index (χ4n) is 3.63. The minimum absolute atomic E-state index is 0.0671. The first-order chi connectivity index (χ1) is 14.7. The van der Waals surface area contributed by atoms with Gasteiger partial charge < -0.3 is 10.1 Å². The Balaban J connectivity index is 1.32. The van der Waals surface area contributed by atoms with Crippen LogP contribution in [0, 0.1) is 0 Å². The van der Waals surface area contributed by atoms with Gasteiger partial charge in [0.05, 0.1) is 18.4 Å². The summed E-state index contributed by atoms with van der Waals surface area (Å²) in [7, 11) is 1.33. The molecule has 0 aromatic heterocycles. The Morgan fingerprint density at radius 1 is 0.800 bits per heavy atom. The van der Waals surface area contributed by atoms with Crippen LogP contribution in [0.5, 0.6) is 0 Å². The molecule has 30 heavy (non-hydrogen) atoms. The maximum Gasteiger partial charge on any atom is 0.339 e. The quantitative estimate of drug-likeness (QED) is 0.326. The topological polar surface area (TPSA) is 55.4 Å². The van der Waals surface area contributed by atoms with Gasteiger partial charge in [-0.1, -0.05) is 73.9 Å². The number of methoxy groups -OCH3 is 1. The number of ether oxygens (including phenoxy) is 1. The molecule has 4 heteroatoms. The van der Waals surface area contributed by atoms with Gasteiger partial charge in [0.15, 0.2) is 0 Å². The van der Waals surface area contributed by atoms with E-state index in [0.717, 1.165) is 32.1 Å². The van der Waals surface area contributed by atoms with Crippen molar-refractivity contribution in [2.45, 2.75) is 44.9 Å². The number of rotatable bonds is 10. The van der Waals surface area contributed by atoms with Gasteiger partial charge >= 0.3 is 5.97 Å². The van der Waals surface area contributed by atoms with Gasteiger partial charge in [0, 0.05) is 6.42 Å². The lowest BCUT2D eigenvalue weighted by Crippen LogP contribution is -2.14. The summed E-state index contributed by atoms with van der Waals surface area (Å²) in [5.41, 5.74) is 2.27. The molecule has 0 saturated carbocycles. The largest absolute Gasteiger partial charge is 0.465 e. The van der Waals surface area contributed by atoms with E-state index in [1.54, 1.807) is 24.3 Å². The van der Waals surface area contributed by atoms with Gasteiger partial charge in [-0.25, -0.2) is 4.79 Å². The van der Waals surface area contributed by atoms with Crippen LogP contribution in [0.15, 0.2) is 66.7 Å². The molecule has 0 heterocycles. The number of carbonyl (C=O) groups excluding carboxylic acids is 2. The summed E-state index contributed by atoms with van der Waals surface area (Å²) in [4.78, 5) is 24.0. The summed E-state index contributed by atoms with van der Waals surface area (Å²) >= 11 is 0. The molecule has 0 fully saturated rings. The second-order valence-electron chi connectivity index (χ2n) is 7.53. The molecule has 0 spiro atoms. The van der Waals surface area contributed by atoms with E-state index in [-0.39, 0.29) is 5.91 Å². The molecule has 0 unspecified atom stereocenters. The number of unbranched alkanes of at least 4 members (excludes halogenated alkanes) is 4. The molecule has 0 atom stereocenters. The lowest BCUT2D eigenvalue weighted by Gasteiger charge is -2.09. The van der Waals surface area contributed by atoms with Crippen LogP contribution >= 0.6 is 0 Å². The van der Waals surface area contributed by atoms with E-state index in [1.807, 2.05) is 0 Å². The van der Waals surface area contributed by atoms with Gasteiger partial charge in [-0.15, -0.1) is 0 Å². The highest BCUT2D eigenvalue weighted by atomic mass is 16.5. The molecule has 0 aliphatic rings. The molecule has 156 valence electrons. The molecule has 1 N–H and O–H groups in total. The molecule has 4 nitrogen and oxygen atoms in total. The molecule has 0 saturated heterocycles. The smallest absolute Gasteiger partial charge is 0.339 e. The van der Waals surface area contributed by atoms with Gasteiger partial charge in [0.2, 0.25) is 5.91 Å². The summed E-state index contributed by atoms with van der Waals surface area (Å²) in [5.74, 6) is -0.514. The highest BCUT2D eigenvalue weighted by Gasteiger charge is 2.12. The van der Waals surface area contributed by atoms with Crippen LogP contribution in [0.2, 0.25) is 0 Å². The van der Waals surface area contributed by atoms with Crippen LogP contribution < -0.4 is 5.32 Å². The van der Waals surface area contributed by atoms with Crippen LogP contribution in [-0.4, -0.2) is 19.0 Å². The Morgan fingerprint density at radius 3 is 2.33 bits per heavy atom. The van der Waals surface area contributed by atoms with Gasteiger partial charge in [-0.2, -0.15) is 0 Å². The molecule has 0 radical (unpaired) electrons. The van der Waals surface area contributed by atoms with E-state index < -0.39 is 5.97 Å². The van der Waals surface area contributed by atoms with Crippen LogP contribution in [0.25, 0.3) is 10.8 Å². The summed E-state index contributed by atoms with van der Waals surface area (Å²) in [5, 5.41) is 5.41. The predicted octanol–water partition coefficient (Wildman–Crippen LogP) is 6.15. The number of carbonyl (C=O) groups is 2. The first-order valence-corrected chi connectivity index (χ1v) is 10.6. The molecular weight excluding hydrogens is 374 g/mol. The number of para-hydroxylation sites is 1. The number of anilines is 1. The summed E-state index contributed by atoms with van der Waals surface area (Å²) < 4.78 is 4.76. The van der Waals surface area contributed by atoms with Crippen molar-refractivity contribution in [2.24, 2.45) is 0 Å². The molecule has 1 amide bonds. The molecule has 0 aliphatic heterocycles. The number of fused-ring (bicyclic) bond motifs is 1. The standard InChI is InChI=1S/C26H29NO3/c1-30-26(29)23-14-9-10-15-24(23)27-25(28)16-6-4-2-3-5-11-20-17-18-21-12-7-8-13-22(21)19-20/h7-10,12-15,17-19H,2-6,11,16H2,1H3,(H,27,28). The van der Waals surface area contributed by atoms with E-state index >= 15 is 0 Å². The van der Waals surface area contributed by atoms with Crippen molar-refractivity contribution in [1.29, 1.82) is 0 Å². The van der Waals surface area contributed by atoms with Crippen molar-refractivity contribution in [1.82, 2.24) is 0 Å². The Kier molecular flexibility index (Phi) is 8.02. The van der Waals surface area contributed by atoms with Crippen LogP contribution in [0.4, 0.5) is 5.69 Å². The number of hydrogen-bond acceptors (Lipinski definition) is 3. The molecule has 3 rings (SSSR count). The third-order valence-electron chi connectivity index (χ3n) is 5.29. The fraction of sp³-hybridized carbons (Fsp3) is 0.308. The number of aryl methyl sites for hydroxylation is 1. The number of benzene rings is 3. The predicted molar refractivity (Wildman–Crippen MR) is 122 cm³/mol. The van der Waals surface area contributed by atoms with Crippen molar-refractivity contribution in [3.8, 4) is 0 Å². The zero-order valence-electron chi connectivity index (χ0n) is 17.5. The third-order valence-corrected chi connectivity index (χ3v) is 5.29. The number of amides is 1. The minimum Gasteiger partial charge on any atom is -0.465 e. The first-order valence-electron chi connectivity index (χ1n) is 10.6. The number of hydrogen-bond donors (Lipinski definition) is 1. The van der Waals surface area contributed by atoms with E-state index in [9.17, 15) is 9.59 Å². The monoisotopic (exact) mass is 403 g/mol.